The highest BCUT2D eigenvalue weighted by molar-refractivity contribution is 7.13. The zero-order valence-corrected chi connectivity index (χ0v) is 14.0. The maximum absolute atomic E-state index is 12.7. The summed E-state index contributed by atoms with van der Waals surface area (Å²) >= 11 is 7.70. The minimum Gasteiger partial charge on any atom is -0.335 e. The molecule has 1 fully saturated rings. The number of nitrogens with zero attached hydrogens (tertiary/aromatic N) is 1. The Hall–Kier alpha value is -0.580. The van der Waals surface area contributed by atoms with Crippen molar-refractivity contribution in [3.8, 4) is 0 Å². The Bertz CT molecular complexity index is 466. The first-order valence-corrected chi connectivity index (χ1v) is 8.51. The first-order chi connectivity index (χ1) is 9.50. The predicted molar refractivity (Wildman–Crippen MR) is 85.8 cm³/mol. The van der Waals surface area contributed by atoms with Gasteiger partial charge in [-0.3, -0.25) is 4.79 Å². The lowest BCUT2D eigenvalue weighted by Crippen LogP contribution is -2.42. The molecule has 3 nitrogen and oxygen atoms in total. The molecule has 1 aromatic heterocycles. The van der Waals surface area contributed by atoms with E-state index in [4.69, 9.17) is 11.6 Å². The van der Waals surface area contributed by atoms with E-state index in [0.29, 0.717) is 15.8 Å². The number of carbonyl (C=O) groups excluding carboxylic acids is 1. The molecule has 0 saturated carbocycles. The fourth-order valence-electron chi connectivity index (χ4n) is 2.58. The van der Waals surface area contributed by atoms with Gasteiger partial charge in [0.25, 0.3) is 5.91 Å². The van der Waals surface area contributed by atoms with Crippen LogP contribution in [0.3, 0.4) is 0 Å². The molecule has 2 heterocycles. The number of aryl methyl sites for hydroxylation is 1. The average Bonchev–Trinajstić information content (AvgIpc) is 2.76. The van der Waals surface area contributed by atoms with Crippen LogP contribution in [0.2, 0.25) is 5.02 Å². The molecule has 20 heavy (non-hydrogen) atoms. The SMILES string of the molecule is Cc1csc(C(=O)N(CC2CCNCC2)C(C)C)c1Cl. The quantitative estimate of drug-likeness (QED) is 0.921. The van der Waals surface area contributed by atoms with Crippen LogP contribution >= 0.6 is 22.9 Å². The van der Waals surface area contributed by atoms with Crippen LogP contribution in [0.15, 0.2) is 5.38 Å². The molecule has 1 saturated heterocycles. The molecule has 0 aromatic carbocycles. The summed E-state index contributed by atoms with van der Waals surface area (Å²) in [4.78, 5) is 15.4. The van der Waals surface area contributed by atoms with Crippen LogP contribution in [0.25, 0.3) is 0 Å². The minimum absolute atomic E-state index is 0.0848. The summed E-state index contributed by atoms with van der Waals surface area (Å²) in [7, 11) is 0. The van der Waals surface area contributed by atoms with Gasteiger partial charge in [-0.25, -0.2) is 0 Å². The average molecular weight is 315 g/mol. The summed E-state index contributed by atoms with van der Waals surface area (Å²) in [5.41, 5.74) is 0.991. The Morgan fingerprint density at radius 2 is 2.15 bits per heavy atom. The topological polar surface area (TPSA) is 32.3 Å². The summed E-state index contributed by atoms with van der Waals surface area (Å²) in [5, 5.41) is 5.95. The lowest BCUT2D eigenvalue weighted by atomic mass is 9.97. The van der Waals surface area contributed by atoms with Gasteiger partial charge in [-0.1, -0.05) is 11.6 Å². The molecular formula is C15H23ClN2OS. The van der Waals surface area contributed by atoms with Crippen molar-refractivity contribution in [2.24, 2.45) is 5.92 Å². The van der Waals surface area contributed by atoms with Crippen LogP contribution in [0.5, 0.6) is 0 Å². The molecule has 0 spiro atoms. The predicted octanol–water partition coefficient (Wildman–Crippen LogP) is 3.56. The van der Waals surface area contributed by atoms with Crippen LogP contribution in [-0.4, -0.2) is 36.5 Å². The first kappa shape index (κ1) is 15.8. The number of rotatable bonds is 4. The van der Waals surface area contributed by atoms with Gasteiger partial charge in [0.1, 0.15) is 4.88 Å². The van der Waals surface area contributed by atoms with Crippen LogP contribution in [0, 0.1) is 12.8 Å². The molecule has 1 aromatic rings. The number of hydrogen-bond donors (Lipinski definition) is 1. The Balaban J connectivity index is 2.11. The molecule has 0 bridgehead atoms. The van der Waals surface area contributed by atoms with E-state index in [1.165, 1.54) is 11.3 Å². The highest BCUT2D eigenvalue weighted by atomic mass is 35.5. The van der Waals surface area contributed by atoms with E-state index in [9.17, 15) is 4.79 Å². The van der Waals surface area contributed by atoms with Crippen molar-refractivity contribution in [3.05, 3.63) is 20.8 Å². The van der Waals surface area contributed by atoms with Gasteiger partial charge in [0.15, 0.2) is 0 Å². The second kappa shape index (κ2) is 6.92. The lowest BCUT2D eigenvalue weighted by molar-refractivity contribution is 0.0663. The molecule has 5 heteroatoms. The van der Waals surface area contributed by atoms with Crippen molar-refractivity contribution in [2.75, 3.05) is 19.6 Å². The van der Waals surface area contributed by atoms with Crippen molar-refractivity contribution in [3.63, 3.8) is 0 Å². The third-order valence-electron chi connectivity index (χ3n) is 3.89. The Labute approximate surface area is 130 Å². The number of amides is 1. The molecule has 2 rings (SSSR count). The maximum Gasteiger partial charge on any atom is 0.265 e. The van der Waals surface area contributed by atoms with Gasteiger partial charge in [-0.05, 0) is 63.6 Å². The van der Waals surface area contributed by atoms with Crippen LogP contribution in [0.1, 0.15) is 41.9 Å². The van der Waals surface area contributed by atoms with Crippen molar-refractivity contribution in [1.82, 2.24) is 10.2 Å². The number of nitrogens with one attached hydrogen (secondary N) is 1. The van der Waals surface area contributed by atoms with Gasteiger partial charge in [0.05, 0.1) is 5.02 Å². The Morgan fingerprint density at radius 1 is 1.50 bits per heavy atom. The van der Waals surface area contributed by atoms with E-state index in [0.717, 1.165) is 38.0 Å². The Kier molecular flexibility index (Phi) is 5.47. The van der Waals surface area contributed by atoms with Crippen molar-refractivity contribution >= 4 is 28.8 Å². The fourth-order valence-corrected chi connectivity index (χ4v) is 3.80. The van der Waals surface area contributed by atoms with Crippen molar-refractivity contribution < 1.29 is 4.79 Å². The largest absolute Gasteiger partial charge is 0.335 e. The van der Waals surface area contributed by atoms with Gasteiger partial charge < -0.3 is 10.2 Å². The number of carbonyl (C=O) groups is 1. The Morgan fingerprint density at radius 3 is 2.65 bits per heavy atom. The fraction of sp³-hybridized carbons (Fsp3) is 0.667. The lowest BCUT2D eigenvalue weighted by Gasteiger charge is -2.32. The van der Waals surface area contributed by atoms with E-state index in [1.807, 2.05) is 17.2 Å². The molecule has 1 aliphatic heterocycles. The normalized spacial score (nSPS) is 16.6. The van der Waals surface area contributed by atoms with Crippen LogP contribution < -0.4 is 5.32 Å². The van der Waals surface area contributed by atoms with E-state index < -0.39 is 0 Å². The maximum atomic E-state index is 12.7. The molecule has 0 aliphatic carbocycles. The summed E-state index contributed by atoms with van der Waals surface area (Å²) < 4.78 is 0. The summed E-state index contributed by atoms with van der Waals surface area (Å²) in [6.07, 6.45) is 2.29. The second-order valence-corrected chi connectivity index (χ2v) is 7.06. The third-order valence-corrected chi connectivity index (χ3v) is 5.58. The zero-order valence-electron chi connectivity index (χ0n) is 12.4. The number of hydrogen-bond acceptors (Lipinski definition) is 3. The molecule has 0 unspecified atom stereocenters. The molecule has 1 N–H and O–H groups in total. The molecule has 0 radical (unpaired) electrons. The van der Waals surface area contributed by atoms with Gasteiger partial charge in [-0.15, -0.1) is 11.3 Å². The van der Waals surface area contributed by atoms with Crippen molar-refractivity contribution in [1.29, 1.82) is 0 Å². The van der Waals surface area contributed by atoms with Gasteiger partial charge in [0.2, 0.25) is 0 Å². The summed E-state index contributed by atoms with van der Waals surface area (Å²) in [6.45, 7) is 9.06. The first-order valence-electron chi connectivity index (χ1n) is 7.26. The zero-order chi connectivity index (χ0) is 14.7. The number of halogens is 1. The standard InChI is InChI=1S/C15H23ClN2OS/c1-10(2)18(8-12-4-6-17-7-5-12)15(19)14-13(16)11(3)9-20-14/h9-10,12,17H,4-8H2,1-3H3. The third kappa shape index (κ3) is 3.54. The summed E-state index contributed by atoms with van der Waals surface area (Å²) in [5.74, 6) is 0.684. The number of piperidine rings is 1. The molecule has 112 valence electrons. The monoisotopic (exact) mass is 314 g/mol. The van der Waals surface area contributed by atoms with Gasteiger partial charge >= 0.3 is 0 Å². The van der Waals surface area contributed by atoms with Crippen LogP contribution in [0.4, 0.5) is 0 Å². The van der Waals surface area contributed by atoms with E-state index in [-0.39, 0.29) is 11.9 Å². The highest BCUT2D eigenvalue weighted by Crippen LogP contribution is 2.29. The summed E-state index contributed by atoms with van der Waals surface area (Å²) in [6, 6.07) is 0.204. The molecule has 1 aliphatic rings. The molecular weight excluding hydrogens is 292 g/mol. The molecule has 0 atom stereocenters. The van der Waals surface area contributed by atoms with E-state index >= 15 is 0 Å². The van der Waals surface area contributed by atoms with Gasteiger partial charge in [-0.2, -0.15) is 0 Å². The second-order valence-electron chi connectivity index (χ2n) is 5.81. The minimum atomic E-state index is 0.0848. The molecule has 1 amide bonds. The number of thiophene rings is 1. The van der Waals surface area contributed by atoms with Gasteiger partial charge in [0, 0.05) is 12.6 Å². The smallest absolute Gasteiger partial charge is 0.265 e. The highest BCUT2D eigenvalue weighted by Gasteiger charge is 2.26. The van der Waals surface area contributed by atoms with Crippen LogP contribution in [-0.2, 0) is 0 Å². The van der Waals surface area contributed by atoms with Crippen molar-refractivity contribution in [2.45, 2.75) is 39.7 Å². The van der Waals surface area contributed by atoms with E-state index in [1.54, 1.807) is 0 Å². The van der Waals surface area contributed by atoms with E-state index in [2.05, 4.69) is 19.2 Å².